The van der Waals surface area contributed by atoms with Gasteiger partial charge in [0, 0.05) is 20.0 Å². The Kier molecular flexibility index (Phi) is 3.82. The fourth-order valence-electron chi connectivity index (χ4n) is 1.89. The van der Waals surface area contributed by atoms with Gasteiger partial charge in [0.05, 0.1) is 6.04 Å². The quantitative estimate of drug-likeness (QED) is 0.872. The zero-order chi connectivity index (χ0) is 13.0. The molecule has 1 heterocycles. The van der Waals surface area contributed by atoms with Gasteiger partial charge in [0.25, 0.3) is 0 Å². The maximum Gasteiger partial charge on any atom is 0.407 e. The third-order valence-electron chi connectivity index (χ3n) is 2.88. The summed E-state index contributed by atoms with van der Waals surface area (Å²) < 4.78 is 5.08. The van der Waals surface area contributed by atoms with Gasteiger partial charge >= 0.3 is 6.09 Å². The predicted molar refractivity (Wildman–Crippen MR) is 65.8 cm³/mol. The van der Waals surface area contributed by atoms with Crippen LogP contribution in [-0.2, 0) is 16.1 Å². The van der Waals surface area contributed by atoms with Crippen LogP contribution >= 0.6 is 0 Å². The maximum absolute atomic E-state index is 11.5. The van der Waals surface area contributed by atoms with Crippen LogP contribution in [0.1, 0.15) is 12.0 Å². The van der Waals surface area contributed by atoms with Crippen LogP contribution in [0.4, 0.5) is 4.79 Å². The van der Waals surface area contributed by atoms with Crippen LogP contribution in [0.2, 0.25) is 0 Å². The first-order chi connectivity index (χ1) is 8.65. The SMILES string of the molecule is CN1C[C@H](NC(=O)OCc2ccccc2)CC1=O. The van der Waals surface area contributed by atoms with Crippen LogP contribution in [-0.4, -0.2) is 36.5 Å². The molecule has 2 amide bonds. The average molecular weight is 248 g/mol. The number of benzene rings is 1. The summed E-state index contributed by atoms with van der Waals surface area (Å²) >= 11 is 0. The van der Waals surface area contributed by atoms with Crippen LogP contribution in [0.15, 0.2) is 30.3 Å². The van der Waals surface area contributed by atoms with Gasteiger partial charge in [-0.05, 0) is 5.56 Å². The van der Waals surface area contributed by atoms with Crippen LogP contribution in [0, 0.1) is 0 Å². The molecule has 1 atom stereocenters. The molecule has 5 heteroatoms. The zero-order valence-corrected chi connectivity index (χ0v) is 10.3. The van der Waals surface area contributed by atoms with E-state index in [9.17, 15) is 9.59 Å². The van der Waals surface area contributed by atoms with Gasteiger partial charge in [-0.2, -0.15) is 0 Å². The molecule has 0 unspecified atom stereocenters. The number of hydrogen-bond acceptors (Lipinski definition) is 3. The van der Waals surface area contributed by atoms with Gasteiger partial charge in [-0.1, -0.05) is 30.3 Å². The Labute approximate surface area is 106 Å². The van der Waals surface area contributed by atoms with E-state index >= 15 is 0 Å². The van der Waals surface area contributed by atoms with Gasteiger partial charge in [0.2, 0.25) is 5.91 Å². The van der Waals surface area contributed by atoms with E-state index in [1.54, 1.807) is 11.9 Å². The molecule has 1 saturated heterocycles. The Hall–Kier alpha value is -2.04. The summed E-state index contributed by atoms with van der Waals surface area (Å²) in [6.45, 7) is 0.780. The first-order valence-electron chi connectivity index (χ1n) is 5.86. The van der Waals surface area contributed by atoms with Crippen molar-refractivity contribution in [3.05, 3.63) is 35.9 Å². The van der Waals surface area contributed by atoms with Gasteiger partial charge in [-0.3, -0.25) is 4.79 Å². The summed E-state index contributed by atoms with van der Waals surface area (Å²) in [4.78, 5) is 24.4. The molecule has 5 nitrogen and oxygen atoms in total. The van der Waals surface area contributed by atoms with Crippen LogP contribution in [0.25, 0.3) is 0 Å². The highest BCUT2D eigenvalue weighted by molar-refractivity contribution is 5.80. The largest absolute Gasteiger partial charge is 0.445 e. The number of ether oxygens (including phenoxy) is 1. The molecule has 2 rings (SSSR count). The van der Waals surface area contributed by atoms with E-state index in [1.807, 2.05) is 30.3 Å². The summed E-state index contributed by atoms with van der Waals surface area (Å²) in [5.74, 6) is 0.0448. The van der Waals surface area contributed by atoms with Crippen LogP contribution in [0.3, 0.4) is 0 Å². The van der Waals surface area contributed by atoms with Gasteiger partial charge in [0.1, 0.15) is 6.61 Å². The summed E-state index contributed by atoms with van der Waals surface area (Å²) in [6.07, 6.45) is -0.135. The number of amides is 2. The van der Waals surface area contributed by atoms with Crippen molar-refractivity contribution in [2.45, 2.75) is 19.1 Å². The molecule has 1 fully saturated rings. The highest BCUT2D eigenvalue weighted by Crippen LogP contribution is 2.08. The number of carbonyl (C=O) groups is 2. The number of hydrogen-bond donors (Lipinski definition) is 1. The smallest absolute Gasteiger partial charge is 0.407 e. The zero-order valence-electron chi connectivity index (χ0n) is 10.3. The molecular weight excluding hydrogens is 232 g/mol. The number of nitrogens with zero attached hydrogens (tertiary/aromatic N) is 1. The summed E-state index contributed by atoms with van der Waals surface area (Å²) in [5, 5.41) is 2.69. The van der Waals surface area contributed by atoms with E-state index in [-0.39, 0.29) is 18.6 Å². The van der Waals surface area contributed by atoms with Crippen molar-refractivity contribution in [3.8, 4) is 0 Å². The number of likely N-dealkylation sites (N-methyl/N-ethyl adjacent to an activating group) is 1. The Morgan fingerprint density at radius 2 is 2.17 bits per heavy atom. The second-order valence-corrected chi connectivity index (χ2v) is 4.38. The summed E-state index contributed by atoms with van der Waals surface area (Å²) in [6, 6.07) is 9.32. The van der Waals surface area contributed by atoms with Gasteiger partial charge in [0.15, 0.2) is 0 Å². The lowest BCUT2D eigenvalue weighted by Crippen LogP contribution is -2.36. The number of carbonyl (C=O) groups excluding carboxylic acids is 2. The highest BCUT2D eigenvalue weighted by Gasteiger charge is 2.28. The Bertz CT molecular complexity index is 433. The predicted octanol–water partition coefficient (Wildman–Crippen LogP) is 1.14. The molecule has 18 heavy (non-hydrogen) atoms. The van der Waals surface area contributed by atoms with Gasteiger partial charge < -0.3 is 15.0 Å². The molecule has 1 aliphatic rings. The molecule has 0 spiro atoms. The van der Waals surface area contributed by atoms with Gasteiger partial charge in [-0.15, -0.1) is 0 Å². The monoisotopic (exact) mass is 248 g/mol. The lowest BCUT2D eigenvalue weighted by Gasteiger charge is -2.12. The Morgan fingerprint density at radius 1 is 1.44 bits per heavy atom. The second-order valence-electron chi connectivity index (χ2n) is 4.38. The Balaban J connectivity index is 1.75. The van der Waals surface area contributed by atoms with Crippen molar-refractivity contribution in [1.82, 2.24) is 10.2 Å². The lowest BCUT2D eigenvalue weighted by atomic mass is 10.2. The van der Waals surface area contributed by atoms with Crippen molar-refractivity contribution < 1.29 is 14.3 Å². The molecule has 0 bridgehead atoms. The molecule has 0 aliphatic carbocycles. The molecular formula is C13H16N2O3. The van der Waals surface area contributed by atoms with E-state index < -0.39 is 6.09 Å². The van der Waals surface area contributed by atoms with E-state index in [4.69, 9.17) is 4.74 Å². The topological polar surface area (TPSA) is 58.6 Å². The minimum Gasteiger partial charge on any atom is -0.445 e. The van der Waals surface area contributed by atoms with Crippen molar-refractivity contribution in [2.75, 3.05) is 13.6 Å². The molecule has 1 N–H and O–H groups in total. The van der Waals surface area contributed by atoms with E-state index in [1.165, 1.54) is 0 Å². The summed E-state index contributed by atoms with van der Waals surface area (Å²) in [5.41, 5.74) is 0.937. The van der Waals surface area contributed by atoms with Gasteiger partial charge in [-0.25, -0.2) is 4.79 Å². The fraction of sp³-hybridized carbons (Fsp3) is 0.385. The van der Waals surface area contributed by atoms with Crippen LogP contribution < -0.4 is 5.32 Å². The van der Waals surface area contributed by atoms with Crippen molar-refractivity contribution >= 4 is 12.0 Å². The molecule has 96 valence electrons. The molecule has 1 aromatic rings. The lowest BCUT2D eigenvalue weighted by molar-refractivity contribution is -0.126. The molecule has 0 radical (unpaired) electrons. The molecule has 1 aromatic carbocycles. The van der Waals surface area contributed by atoms with Crippen molar-refractivity contribution in [2.24, 2.45) is 0 Å². The normalized spacial score (nSPS) is 18.8. The first kappa shape index (κ1) is 12.4. The molecule has 0 saturated carbocycles. The standard InChI is InChI=1S/C13H16N2O3/c1-15-8-11(7-12(15)16)14-13(17)18-9-10-5-3-2-4-6-10/h2-6,11H,7-9H2,1H3,(H,14,17)/t11-/m1/s1. The number of rotatable bonds is 3. The highest BCUT2D eigenvalue weighted by atomic mass is 16.5. The first-order valence-corrected chi connectivity index (χ1v) is 5.86. The third kappa shape index (κ3) is 3.23. The number of nitrogens with one attached hydrogen (secondary N) is 1. The van der Waals surface area contributed by atoms with E-state index in [0.717, 1.165) is 5.56 Å². The second kappa shape index (κ2) is 5.53. The molecule has 1 aliphatic heterocycles. The van der Waals surface area contributed by atoms with Crippen LogP contribution in [0.5, 0.6) is 0 Å². The maximum atomic E-state index is 11.5. The number of alkyl carbamates (subject to hydrolysis) is 1. The van der Waals surface area contributed by atoms with Crippen molar-refractivity contribution in [1.29, 1.82) is 0 Å². The fourth-order valence-corrected chi connectivity index (χ4v) is 1.89. The van der Waals surface area contributed by atoms with E-state index in [0.29, 0.717) is 13.0 Å². The summed E-state index contributed by atoms with van der Waals surface area (Å²) in [7, 11) is 1.72. The number of likely N-dealkylation sites (tertiary alicyclic amines) is 1. The average Bonchev–Trinajstić information content (AvgIpc) is 2.67. The molecule has 0 aromatic heterocycles. The Morgan fingerprint density at radius 3 is 2.78 bits per heavy atom. The minimum absolute atomic E-state index is 0.0448. The third-order valence-corrected chi connectivity index (χ3v) is 2.88. The van der Waals surface area contributed by atoms with Crippen molar-refractivity contribution in [3.63, 3.8) is 0 Å². The van der Waals surface area contributed by atoms with E-state index in [2.05, 4.69) is 5.32 Å². The minimum atomic E-state index is -0.480.